The van der Waals surface area contributed by atoms with E-state index >= 15 is 0 Å². The molecule has 8 heteroatoms. The molecule has 0 atom stereocenters. The van der Waals surface area contributed by atoms with Crippen LogP contribution in [0, 0.1) is 6.92 Å². The third-order valence-electron chi connectivity index (χ3n) is 2.14. The summed E-state index contributed by atoms with van der Waals surface area (Å²) in [5.74, 6) is 0. The van der Waals surface area contributed by atoms with Crippen molar-refractivity contribution >= 4 is 54.6 Å². The lowest BCUT2D eigenvalue weighted by Crippen LogP contribution is -2.13. The summed E-state index contributed by atoms with van der Waals surface area (Å²) in [5, 5.41) is 0.306. The number of aryl methyl sites for hydroxylation is 1. The van der Waals surface area contributed by atoms with Crippen LogP contribution in [0.15, 0.2) is 33.2 Å². The molecular weight excluding hydrogens is 360 g/mol. The number of thiophene rings is 1. The monoisotopic (exact) mass is 366 g/mol. The van der Waals surface area contributed by atoms with E-state index < -0.39 is 10.0 Å². The molecule has 0 radical (unpaired) electrons. The molecule has 0 aliphatic carbocycles. The number of rotatable bonds is 3. The van der Waals surface area contributed by atoms with Crippen LogP contribution in [0.25, 0.3) is 0 Å². The van der Waals surface area contributed by atoms with E-state index in [1.54, 1.807) is 13.0 Å². The molecule has 0 amide bonds. The number of sulfonamides is 1. The Hall–Kier alpha value is -0.630. The summed E-state index contributed by atoms with van der Waals surface area (Å²) in [5.41, 5.74) is 0.265. The van der Waals surface area contributed by atoms with Gasteiger partial charge in [-0.3, -0.25) is 9.71 Å². The Kier molecular flexibility index (Phi) is 3.96. The molecule has 0 saturated carbocycles. The van der Waals surface area contributed by atoms with Crippen LogP contribution in [0.4, 0.5) is 5.69 Å². The molecule has 0 unspecified atom stereocenters. The molecule has 2 heterocycles. The molecule has 0 aliphatic rings. The van der Waals surface area contributed by atoms with Crippen LogP contribution in [0.5, 0.6) is 0 Å². The zero-order valence-electron chi connectivity index (χ0n) is 9.15. The van der Waals surface area contributed by atoms with Gasteiger partial charge in [0.05, 0.1) is 20.7 Å². The maximum absolute atomic E-state index is 12.2. The molecule has 2 aromatic heterocycles. The van der Waals surface area contributed by atoms with Crippen molar-refractivity contribution in [1.82, 2.24) is 4.98 Å². The lowest BCUT2D eigenvalue weighted by molar-refractivity contribution is 0.601. The molecule has 0 spiro atoms. The molecule has 2 rings (SSSR count). The van der Waals surface area contributed by atoms with Gasteiger partial charge in [-0.25, -0.2) is 8.42 Å². The van der Waals surface area contributed by atoms with Gasteiger partial charge in [0.25, 0.3) is 10.0 Å². The quantitative estimate of drug-likeness (QED) is 0.900. The van der Waals surface area contributed by atoms with Crippen molar-refractivity contribution in [3.8, 4) is 0 Å². The number of halogens is 2. The summed E-state index contributed by atoms with van der Waals surface area (Å²) in [4.78, 5) is 4.77. The second-order valence-corrected chi connectivity index (χ2v) is 8.13. The molecule has 4 nitrogen and oxygen atoms in total. The molecule has 0 saturated heterocycles. The highest BCUT2D eigenvalue weighted by Crippen LogP contribution is 2.31. The third kappa shape index (κ3) is 2.85. The number of nitrogens with zero attached hydrogens (tertiary/aromatic N) is 1. The van der Waals surface area contributed by atoms with Crippen LogP contribution in [-0.4, -0.2) is 13.4 Å². The molecule has 18 heavy (non-hydrogen) atoms. The zero-order valence-corrected chi connectivity index (χ0v) is 13.1. The molecule has 0 aromatic carbocycles. The van der Waals surface area contributed by atoms with E-state index in [9.17, 15) is 8.42 Å². The van der Waals surface area contributed by atoms with E-state index in [2.05, 4.69) is 25.6 Å². The summed E-state index contributed by atoms with van der Waals surface area (Å²) in [6, 6.07) is 3.09. The highest BCUT2D eigenvalue weighted by atomic mass is 79.9. The largest absolute Gasteiger partial charge is 0.277 e. The van der Waals surface area contributed by atoms with Crippen LogP contribution in [0.3, 0.4) is 0 Å². The van der Waals surface area contributed by atoms with E-state index in [1.807, 2.05) is 0 Å². The second-order valence-electron chi connectivity index (χ2n) is 3.43. The molecule has 1 N–H and O–H groups in total. The van der Waals surface area contributed by atoms with Crippen molar-refractivity contribution in [3.05, 3.63) is 38.2 Å². The number of hydrogen-bond donors (Lipinski definition) is 1. The number of nitrogens with one attached hydrogen (secondary N) is 1. The van der Waals surface area contributed by atoms with Gasteiger partial charge in [-0.05, 0) is 35.0 Å². The van der Waals surface area contributed by atoms with Crippen molar-refractivity contribution in [3.63, 3.8) is 0 Å². The predicted molar refractivity (Wildman–Crippen MR) is 76.8 cm³/mol. The highest BCUT2D eigenvalue weighted by Gasteiger charge is 2.20. The fraction of sp³-hybridized carbons (Fsp3) is 0.100. The average molecular weight is 368 g/mol. The number of anilines is 1. The van der Waals surface area contributed by atoms with Crippen LogP contribution < -0.4 is 4.72 Å². The van der Waals surface area contributed by atoms with Crippen LogP contribution >= 0.6 is 38.9 Å². The Morgan fingerprint density at radius 2 is 2.22 bits per heavy atom. The SMILES string of the molecule is Cc1sc(Br)cc1S(=O)(=O)Nc1cnccc1Cl. The minimum Gasteiger partial charge on any atom is -0.277 e. The number of aromatic nitrogens is 1. The van der Waals surface area contributed by atoms with Crippen LogP contribution in [-0.2, 0) is 10.0 Å². The van der Waals surface area contributed by atoms with Gasteiger partial charge in [0.1, 0.15) is 4.90 Å². The van der Waals surface area contributed by atoms with Gasteiger partial charge in [-0.15, -0.1) is 11.3 Å². The normalized spacial score (nSPS) is 11.5. The van der Waals surface area contributed by atoms with E-state index in [1.165, 1.54) is 29.8 Å². The molecule has 96 valence electrons. The molecule has 0 fully saturated rings. The molecule has 0 bridgehead atoms. The zero-order chi connectivity index (χ0) is 13.3. The highest BCUT2D eigenvalue weighted by molar-refractivity contribution is 9.11. The summed E-state index contributed by atoms with van der Waals surface area (Å²) >= 11 is 10.5. The van der Waals surface area contributed by atoms with Gasteiger partial charge >= 0.3 is 0 Å². The van der Waals surface area contributed by atoms with Gasteiger partial charge in [-0.1, -0.05) is 11.6 Å². The van der Waals surface area contributed by atoms with Crippen molar-refractivity contribution in [2.75, 3.05) is 4.72 Å². The van der Waals surface area contributed by atoms with Crippen molar-refractivity contribution in [2.45, 2.75) is 11.8 Å². The van der Waals surface area contributed by atoms with Crippen molar-refractivity contribution in [1.29, 1.82) is 0 Å². The van der Waals surface area contributed by atoms with E-state index in [-0.39, 0.29) is 10.6 Å². The Labute approximate surface area is 122 Å². The lowest BCUT2D eigenvalue weighted by Gasteiger charge is -2.08. The molecule has 2 aromatic rings. The number of hydrogen-bond acceptors (Lipinski definition) is 4. The van der Waals surface area contributed by atoms with Gasteiger partial charge < -0.3 is 0 Å². The Balaban J connectivity index is 2.40. The Morgan fingerprint density at radius 3 is 2.78 bits per heavy atom. The van der Waals surface area contributed by atoms with E-state index in [0.29, 0.717) is 9.90 Å². The maximum atomic E-state index is 12.2. The first-order chi connectivity index (χ1) is 8.40. The van der Waals surface area contributed by atoms with Crippen LogP contribution in [0.2, 0.25) is 5.02 Å². The Bertz CT molecular complexity index is 685. The first kappa shape index (κ1) is 13.8. The predicted octanol–water partition coefficient (Wildman–Crippen LogP) is 3.67. The lowest BCUT2D eigenvalue weighted by atomic mass is 10.4. The summed E-state index contributed by atoms with van der Waals surface area (Å²) < 4.78 is 27.5. The Morgan fingerprint density at radius 1 is 1.50 bits per heavy atom. The van der Waals surface area contributed by atoms with Gasteiger partial charge in [0.2, 0.25) is 0 Å². The van der Waals surface area contributed by atoms with E-state index in [4.69, 9.17) is 11.6 Å². The van der Waals surface area contributed by atoms with E-state index in [0.717, 1.165) is 3.79 Å². The minimum atomic E-state index is -3.64. The fourth-order valence-electron chi connectivity index (χ4n) is 1.35. The summed E-state index contributed by atoms with van der Waals surface area (Å²) in [7, 11) is -3.64. The standard InChI is InChI=1S/C10H8BrClN2O2S2/c1-6-9(4-10(11)17-6)18(15,16)14-8-5-13-3-2-7(8)12/h2-5,14H,1H3. The first-order valence-corrected chi connectivity index (χ1v) is 8.25. The second kappa shape index (κ2) is 5.16. The van der Waals surface area contributed by atoms with Crippen LogP contribution in [0.1, 0.15) is 4.88 Å². The summed E-state index contributed by atoms with van der Waals surface area (Å²) in [6.07, 6.45) is 2.86. The third-order valence-corrected chi connectivity index (χ3v) is 5.65. The fourth-order valence-corrected chi connectivity index (χ4v) is 5.04. The minimum absolute atomic E-state index is 0.235. The average Bonchev–Trinajstić information content (AvgIpc) is 2.62. The van der Waals surface area contributed by atoms with Gasteiger partial charge in [-0.2, -0.15) is 0 Å². The van der Waals surface area contributed by atoms with Gasteiger partial charge in [0.15, 0.2) is 0 Å². The maximum Gasteiger partial charge on any atom is 0.263 e. The summed E-state index contributed by atoms with van der Waals surface area (Å²) in [6.45, 7) is 1.74. The first-order valence-electron chi connectivity index (χ1n) is 4.78. The van der Waals surface area contributed by atoms with Gasteiger partial charge in [0, 0.05) is 11.1 Å². The number of pyridine rings is 1. The topological polar surface area (TPSA) is 59.1 Å². The molecular formula is C10H8BrClN2O2S2. The molecule has 0 aliphatic heterocycles. The van der Waals surface area contributed by atoms with Crippen molar-refractivity contribution < 1.29 is 8.42 Å². The smallest absolute Gasteiger partial charge is 0.263 e. The van der Waals surface area contributed by atoms with Crippen molar-refractivity contribution in [2.24, 2.45) is 0 Å².